The molecule has 0 saturated heterocycles. The van der Waals surface area contributed by atoms with Crippen molar-refractivity contribution in [2.75, 3.05) is 5.88 Å². The second-order valence-electron chi connectivity index (χ2n) is 10.6. The van der Waals surface area contributed by atoms with Crippen LogP contribution in [0.3, 0.4) is 0 Å². The zero-order valence-corrected chi connectivity index (χ0v) is 23.7. The van der Waals surface area contributed by atoms with Crippen molar-refractivity contribution in [1.82, 2.24) is 15.7 Å². The summed E-state index contributed by atoms with van der Waals surface area (Å²) in [6, 6.07) is 22.9. The minimum absolute atomic E-state index is 0.155. The van der Waals surface area contributed by atoms with Gasteiger partial charge in [-0.15, -0.1) is 11.8 Å². The number of hydroxylamine groups is 2. The number of thioether (sulfide) groups is 1. The molecule has 1 unspecified atom stereocenters. The molecule has 3 amide bonds. The number of nitrogens with one attached hydrogen (secondary N) is 2. The molecule has 0 heterocycles. The number of carbonyl (C=O) groups excluding carboxylic acids is 3. The first kappa shape index (κ1) is 29.2. The SMILES string of the molecule is CC(C)(C)OC(=O)N[C@@H](Cc1ccccc1)C(=O)NCSc1ccccc1C(=O)N(O)C1CCc2ccccc21. The van der Waals surface area contributed by atoms with Crippen LogP contribution in [0.2, 0.25) is 0 Å². The van der Waals surface area contributed by atoms with Gasteiger partial charge in [-0.1, -0.05) is 66.7 Å². The summed E-state index contributed by atoms with van der Waals surface area (Å²) in [5.41, 5.74) is 2.62. The van der Waals surface area contributed by atoms with Crippen molar-refractivity contribution in [3.63, 3.8) is 0 Å². The average molecular weight is 562 g/mol. The number of aryl methyl sites for hydroxylation is 1. The van der Waals surface area contributed by atoms with Gasteiger partial charge in [-0.2, -0.15) is 0 Å². The van der Waals surface area contributed by atoms with Crippen LogP contribution in [0.25, 0.3) is 0 Å². The fraction of sp³-hybridized carbons (Fsp3) is 0.323. The maximum Gasteiger partial charge on any atom is 0.408 e. The maximum absolute atomic E-state index is 13.3. The lowest BCUT2D eigenvalue weighted by Gasteiger charge is -2.24. The van der Waals surface area contributed by atoms with Crippen LogP contribution in [0, 0.1) is 0 Å². The molecule has 4 rings (SSSR count). The standard InChI is InChI=1S/C31H35N3O5S/c1-31(2,3)39-30(37)33-25(19-21-11-5-4-6-12-21)28(35)32-20-40-27-16-10-9-15-24(27)29(36)34(38)26-18-17-22-13-7-8-14-23(22)26/h4-16,25-26,38H,17-20H2,1-3H3,(H,32,35)(H,33,37)/t25-,26?/m0/s1. The summed E-state index contributed by atoms with van der Waals surface area (Å²) < 4.78 is 5.36. The zero-order chi connectivity index (χ0) is 28.7. The van der Waals surface area contributed by atoms with Crippen molar-refractivity contribution in [3.8, 4) is 0 Å². The highest BCUT2D eigenvalue weighted by atomic mass is 32.2. The third kappa shape index (κ3) is 7.64. The Labute approximate surface area is 239 Å². The van der Waals surface area contributed by atoms with Crippen LogP contribution < -0.4 is 10.6 Å². The normalized spacial score (nSPS) is 15.1. The highest BCUT2D eigenvalue weighted by molar-refractivity contribution is 7.99. The molecule has 3 aromatic carbocycles. The van der Waals surface area contributed by atoms with Crippen molar-refractivity contribution < 1.29 is 24.3 Å². The number of ether oxygens (including phenoxy) is 1. The summed E-state index contributed by atoms with van der Waals surface area (Å²) >= 11 is 1.27. The van der Waals surface area contributed by atoms with E-state index in [1.165, 1.54) is 11.8 Å². The highest BCUT2D eigenvalue weighted by Crippen LogP contribution is 2.36. The van der Waals surface area contributed by atoms with Gasteiger partial charge in [0.2, 0.25) is 5.91 Å². The van der Waals surface area contributed by atoms with E-state index in [4.69, 9.17) is 4.74 Å². The fourth-order valence-corrected chi connectivity index (χ4v) is 5.50. The van der Waals surface area contributed by atoms with Crippen molar-refractivity contribution in [2.24, 2.45) is 0 Å². The van der Waals surface area contributed by atoms with E-state index in [0.29, 0.717) is 16.9 Å². The molecule has 2 atom stereocenters. The Morgan fingerprint density at radius 2 is 1.68 bits per heavy atom. The summed E-state index contributed by atoms with van der Waals surface area (Å²) in [5, 5.41) is 17.2. The Kier molecular flexibility index (Phi) is 9.50. The van der Waals surface area contributed by atoms with Crippen LogP contribution in [-0.2, 0) is 22.4 Å². The summed E-state index contributed by atoms with van der Waals surface area (Å²) in [5.74, 6) is -0.718. The third-order valence-electron chi connectivity index (χ3n) is 6.49. The van der Waals surface area contributed by atoms with E-state index < -0.39 is 29.7 Å². The summed E-state index contributed by atoms with van der Waals surface area (Å²) in [6.45, 7) is 5.27. The van der Waals surface area contributed by atoms with Crippen LogP contribution in [-0.4, -0.2) is 45.7 Å². The third-order valence-corrected chi connectivity index (χ3v) is 7.44. The highest BCUT2D eigenvalue weighted by Gasteiger charge is 2.31. The van der Waals surface area contributed by atoms with Gasteiger partial charge in [0.1, 0.15) is 11.6 Å². The van der Waals surface area contributed by atoms with Gasteiger partial charge in [0.15, 0.2) is 0 Å². The Morgan fingerprint density at radius 3 is 2.42 bits per heavy atom. The van der Waals surface area contributed by atoms with E-state index in [9.17, 15) is 19.6 Å². The van der Waals surface area contributed by atoms with Gasteiger partial charge in [0, 0.05) is 11.3 Å². The summed E-state index contributed by atoms with van der Waals surface area (Å²) in [6.07, 6.45) is 1.06. The second kappa shape index (κ2) is 13.0. The van der Waals surface area contributed by atoms with E-state index >= 15 is 0 Å². The molecular formula is C31H35N3O5S. The van der Waals surface area contributed by atoms with E-state index in [1.54, 1.807) is 45.0 Å². The molecule has 40 heavy (non-hydrogen) atoms. The van der Waals surface area contributed by atoms with Gasteiger partial charge in [0.05, 0.1) is 17.5 Å². The summed E-state index contributed by atoms with van der Waals surface area (Å²) in [4.78, 5) is 39.5. The predicted molar refractivity (Wildman–Crippen MR) is 154 cm³/mol. The van der Waals surface area contributed by atoms with E-state index in [-0.39, 0.29) is 18.2 Å². The number of benzene rings is 3. The smallest absolute Gasteiger partial charge is 0.408 e. The van der Waals surface area contributed by atoms with Gasteiger partial charge in [-0.05, 0) is 62.4 Å². The molecule has 3 aromatic rings. The molecule has 3 N–H and O–H groups in total. The second-order valence-corrected chi connectivity index (χ2v) is 11.6. The molecule has 0 aliphatic heterocycles. The number of rotatable bonds is 9. The molecule has 1 aliphatic carbocycles. The lowest BCUT2D eigenvalue weighted by molar-refractivity contribution is -0.122. The van der Waals surface area contributed by atoms with Crippen molar-refractivity contribution in [1.29, 1.82) is 0 Å². The van der Waals surface area contributed by atoms with Gasteiger partial charge < -0.3 is 15.4 Å². The monoisotopic (exact) mass is 561 g/mol. The fourth-order valence-electron chi connectivity index (χ4n) is 4.64. The Hall–Kier alpha value is -3.82. The average Bonchev–Trinajstić information content (AvgIpc) is 3.36. The van der Waals surface area contributed by atoms with Gasteiger partial charge in [-0.3, -0.25) is 14.8 Å². The Bertz CT molecular complexity index is 1340. The minimum atomic E-state index is -0.856. The first-order chi connectivity index (χ1) is 19.1. The molecule has 210 valence electrons. The van der Waals surface area contributed by atoms with Gasteiger partial charge >= 0.3 is 6.09 Å². The Morgan fingerprint density at radius 1 is 1.00 bits per heavy atom. The van der Waals surface area contributed by atoms with Crippen molar-refractivity contribution in [2.45, 2.75) is 62.6 Å². The number of hydrogen-bond donors (Lipinski definition) is 3. The van der Waals surface area contributed by atoms with E-state index in [2.05, 4.69) is 10.6 Å². The topological polar surface area (TPSA) is 108 Å². The number of alkyl carbamates (subject to hydrolysis) is 1. The van der Waals surface area contributed by atoms with Crippen LogP contribution in [0.4, 0.5) is 4.79 Å². The van der Waals surface area contributed by atoms with Crippen LogP contribution in [0.1, 0.15) is 60.3 Å². The van der Waals surface area contributed by atoms with Crippen molar-refractivity contribution in [3.05, 3.63) is 101 Å². The number of hydrogen-bond acceptors (Lipinski definition) is 6. The quantitative estimate of drug-likeness (QED) is 0.138. The number of nitrogens with zero attached hydrogens (tertiary/aromatic N) is 1. The molecule has 1 aliphatic rings. The lowest BCUT2D eigenvalue weighted by Crippen LogP contribution is -2.49. The van der Waals surface area contributed by atoms with Gasteiger partial charge in [0.25, 0.3) is 5.91 Å². The van der Waals surface area contributed by atoms with Gasteiger partial charge in [-0.25, -0.2) is 9.86 Å². The molecule has 0 aromatic heterocycles. The number of carbonyl (C=O) groups is 3. The molecule has 0 fully saturated rings. The van der Waals surface area contributed by atoms with Crippen LogP contribution >= 0.6 is 11.8 Å². The number of fused-ring (bicyclic) bond motifs is 1. The zero-order valence-electron chi connectivity index (χ0n) is 22.9. The van der Waals surface area contributed by atoms with Crippen LogP contribution in [0.15, 0.2) is 83.8 Å². The van der Waals surface area contributed by atoms with Crippen molar-refractivity contribution >= 4 is 29.7 Å². The molecule has 9 heteroatoms. The van der Waals surface area contributed by atoms with E-state index in [1.807, 2.05) is 54.6 Å². The Balaban J connectivity index is 1.40. The molecule has 8 nitrogen and oxygen atoms in total. The van der Waals surface area contributed by atoms with Crippen LogP contribution in [0.5, 0.6) is 0 Å². The maximum atomic E-state index is 13.3. The number of amides is 3. The van der Waals surface area contributed by atoms with E-state index in [0.717, 1.165) is 28.2 Å². The molecular weight excluding hydrogens is 526 g/mol. The predicted octanol–water partition coefficient (Wildman–Crippen LogP) is 5.51. The first-order valence-corrected chi connectivity index (χ1v) is 14.2. The minimum Gasteiger partial charge on any atom is -0.444 e. The molecule has 0 spiro atoms. The first-order valence-electron chi connectivity index (χ1n) is 13.3. The molecule has 0 radical (unpaired) electrons. The summed E-state index contributed by atoms with van der Waals surface area (Å²) in [7, 11) is 0. The molecule has 0 saturated carbocycles. The largest absolute Gasteiger partial charge is 0.444 e. The molecule has 0 bridgehead atoms. The lowest BCUT2D eigenvalue weighted by atomic mass is 10.1.